The van der Waals surface area contributed by atoms with E-state index < -0.39 is 0 Å². The molecule has 3 rings (SSSR count). The Morgan fingerprint density at radius 2 is 2.04 bits per heavy atom. The Balaban J connectivity index is 1.91. The molecule has 2 heterocycles. The van der Waals surface area contributed by atoms with Crippen LogP contribution < -0.4 is 4.90 Å². The molecular formula is C19H24ClN5OS. The lowest BCUT2D eigenvalue weighted by molar-refractivity contribution is 0.0980. The van der Waals surface area contributed by atoms with E-state index in [2.05, 4.69) is 15.0 Å². The molecule has 6 nitrogen and oxygen atoms in total. The number of carbonyl (C=O) groups excluding carboxylic acids is 1. The number of rotatable bonds is 7. The van der Waals surface area contributed by atoms with Crippen LogP contribution in [0, 0.1) is 0 Å². The lowest BCUT2D eigenvalue weighted by atomic mass is 10.3. The highest BCUT2D eigenvalue weighted by atomic mass is 35.5. The molecule has 0 N–H and O–H groups in total. The number of amides is 1. The first-order chi connectivity index (χ1) is 12.8. The second-order valence-corrected chi connectivity index (χ2v) is 8.44. The number of anilines is 1. The Hall–Kier alpha value is -1.96. The van der Waals surface area contributed by atoms with Crippen LogP contribution in [0.15, 0.2) is 30.5 Å². The molecule has 27 heavy (non-hydrogen) atoms. The van der Waals surface area contributed by atoms with Crippen LogP contribution in [0.25, 0.3) is 10.2 Å². The van der Waals surface area contributed by atoms with Gasteiger partial charge in [-0.1, -0.05) is 22.9 Å². The summed E-state index contributed by atoms with van der Waals surface area (Å²) in [6, 6.07) is 7.56. The minimum atomic E-state index is -0.127. The minimum Gasteiger partial charge on any atom is -0.309 e. The zero-order valence-electron chi connectivity index (χ0n) is 16.0. The number of fused-ring (bicyclic) bond motifs is 1. The summed E-state index contributed by atoms with van der Waals surface area (Å²) < 4.78 is 2.76. The van der Waals surface area contributed by atoms with Crippen molar-refractivity contribution in [2.75, 3.05) is 32.1 Å². The van der Waals surface area contributed by atoms with Crippen LogP contribution >= 0.6 is 22.9 Å². The average Bonchev–Trinajstić information content (AvgIpc) is 3.24. The highest BCUT2D eigenvalue weighted by Gasteiger charge is 2.23. The maximum absolute atomic E-state index is 13.2. The average molecular weight is 406 g/mol. The van der Waals surface area contributed by atoms with Crippen molar-refractivity contribution >= 4 is 44.2 Å². The van der Waals surface area contributed by atoms with Gasteiger partial charge in [0.1, 0.15) is 0 Å². The van der Waals surface area contributed by atoms with E-state index in [1.54, 1.807) is 15.6 Å². The number of thiazole rings is 1. The number of aromatic nitrogens is 3. The minimum absolute atomic E-state index is 0.127. The summed E-state index contributed by atoms with van der Waals surface area (Å²) in [7, 11) is 4.05. The van der Waals surface area contributed by atoms with Gasteiger partial charge >= 0.3 is 0 Å². The summed E-state index contributed by atoms with van der Waals surface area (Å²) in [5.74, 6) is -0.127. The SMILES string of the molecule is CC(C)n1ccc(C(=O)N(CCCN(C)C)c2nc3ccc(Cl)cc3s2)n1. The van der Waals surface area contributed by atoms with E-state index >= 15 is 0 Å². The number of halogens is 1. The molecule has 0 atom stereocenters. The summed E-state index contributed by atoms with van der Waals surface area (Å²) in [4.78, 5) is 21.7. The fourth-order valence-electron chi connectivity index (χ4n) is 2.71. The molecule has 0 aliphatic heterocycles. The first-order valence-electron chi connectivity index (χ1n) is 8.93. The van der Waals surface area contributed by atoms with E-state index in [-0.39, 0.29) is 11.9 Å². The Kier molecular flexibility index (Phi) is 6.14. The van der Waals surface area contributed by atoms with Gasteiger partial charge in [-0.05, 0) is 65.2 Å². The van der Waals surface area contributed by atoms with E-state index in [0.29, 0.717) is 22.4 Å². The fourth-order valence-corrected chi connectivity index (χ4v) is 3.97. The van der Waals surface area contributed by atoms with Gasteiger partial charge < -0.3 is 4.90 Å². The molecule has 0 bridgehead atoms. The van der Waals surface area contributed by atoms with Crippen LogP contribution in [-0.4, -0.2) is 52.8 Å². The Morgan fingerprint density at radius 3 is 2.70 bits per heavy atom. The van der Waals surface area contributed by atoms with Gasteiger partial charge in [0.25, 0.3) is 5.91 Å². The molecule has 144 valence electrons. The highest BCUT2D eigenvalue weighted by molar-refractivity contribution is 7.22. The molecule has 0 aliphatic rings. The maximum Gasteiger partial charge on any atom is 0.280 e. The predicted molar refractivity (Wildman–Crippen MR) is 112 cm³/mol. The van der Waals surface area contributed by atoms with Crippen LogP contribution in [0.1, 0.15) is 36.8 Å². The van der Waals surface area contributed by atoms with E-state index in [0.717, 1.165) is 23.2 Å². The summed E-state index contributed by atoms with van der Waals surface area (Å²) in [5.41, 5.74) is 1.28. The topological polar surface area (TPSA) is 54.3 Å². The van der Waals surface area contributed by atoms with Gasteiger partial charge in [-0.25, -0.2) is 4.98 Å². The first kappa shape index (κ1) is 19.8. The van der Waals surface area contributed by atoms with Crippen LogP contribution in [0.5, 0.6) is 0 Å². The van der Waals surface area contributed by atoms with Crippen molar-refractivity contribution in [1.82, 2.24) is 19.7 Å². The molecule has 8 heteroatoms. The van der Waals surface area contributed by atoms with Gasteiger partial charge in [0, 0.05) is 23.8 Å². The summed E-state index contributed by atoms with van der Waals surface area (Å²) in [6.07, 6.45) is 2.69. The molecule has 0 fully saturated rings. The second kappa shape index (κ2) is 8.37. The summed E-state index contributed by atoms with van der Waals surface area (Å²) >= 11 is 7.57. The van der Waals surface area contributed by atoms with Crippen molar-refractivity contribution in [3.05, 3.63) is 41.2 Å². The third-order valence-corrected chi connectivity index (χ3v) is 5.44. The van der Waals surface area contributed by atoms with E-state index in [1.165, 1.54) is 11.3 Å². The monoisotopic (exact) mass is 405 g/mol. The van der Waals surface area contributed by atoms with E-state index in [1.807, 2.05) is 52.3 Å². The second-order valence-electron chi connectivity index (χ2n) is 7.00. The number of benzene rings is 1. The van der Waals surface area contributed by atoms with Gasteiger partial charge in [0.15, 0.2) is 10.8 Å². The van der Waals surface area contributed by atoms with Crippen molar-refractivity contribution in [2.45, 2.75) is 26.3 Å². The van der Waals surface area contributed by atoms with Crippen LogP contribution in [-0.2, 0) is 0 Å². The van der Waals surface area contributed by atoms with Crippen molar-refractivity contribution in [3.63, 3.8) is 0 Å². The Morgan fingerprint density at radius 1 is 1.26 bits per heavy atom. The molecule has 0 radical (unpaired) electrons. The lowest BCUT2D eigenvalue weighted by Crippen LogP contribution is -2.33. The molecule has 3 aromatic rings. The van der Waals surface area contributed by atoms with Crippen LogP contribution in [0.4, 0.5) is 5.13 Å². The molecule has 0 aliphatic carbocycles. The number of hydrogen-bond acceptors (Lipinski definition) is 5. The predicted octanol–water partition coefficient (Wildman–Crippen LogP) is 4.33. The van der Waals surface area contributed by atoms with E-state index in [4.69, 9.17) is 11.6 Å². The standard InChI is InChI=1S/C19H24ClN5OS/c1-13(2)25-11-8-16(22-25)18(26)24(10-5-9-23(3)4)19-21-15-7-6-14(20)12-17(15)27-19/h6-8,11-13H,5,9-10H2,1-4H3. The summed E-state index contributed by atoms with van der Waals surface area (Å²) in [5, 5.41) is 5.78. The third kappa shape index (κ3) is 4.66. The molecule has 1 amide bonds. The quantitative estimate of drug-likeness (QED) is 0.587. The zero-order valence-corrected chi connectivity index (χ0v) is 17.6. The van der Waals surface area contributed by atoms with Crippen molar-refractivity contribution < 1.29 is 4.79 Å². The fraction of sp³-hybridized carbons (Fsp3) is 0.421. The van der Waals surface area contributed by atoms with Crippen molar-refractivity contribution in [2.24, 2.45) is 0 Å². The lowest BCUT2D eigenvalue weighted by Gasteiger charge is -2.20. The van der Waals surface area contributed by atoms with Crippen LogP contribution in [0.3, 0.4) is 0 Å². The van der Waals surface area contributed by atoms with Crippen LogP contribution in [0.2, 0.25) is 5.02 Å². The van der Waals surface area contributed by atoms with Gasteiger partial charge in [0.05, 0.1) is 10.2 Å². The largest absolute Gasteiger partial charge is 0.309 e. The highest BCUT2D eigenvalue weighted by Crippen LogP contribution is 2.31. The summed E-state index contributed by atoms with van der Waals surface area (Å²) in [6.45, 7) is 5.54. The van der Waals surface area contributed by atoms with Gasteiger partial charge in [0.2, 0.25) is 0 Å². The first-order valence-corrected chi connectivity index (χ1v) is 10.1. The third-order valence-electron chi connectivity index (χ3n) is 4.16. The molecule has 0 saturated heterocycles. The van der Waals surface area contributed by atoms with Gasteiger partial charge in [-0.2, -0.15) is 5.10 Å². The Labute approximate surface area is 168 Å². The number of carbonyl (C=O) groups is 1. The van der Waals surface area contributed by atoms with Gasteiger partial charge in [-0.15, -0.1) is 0 Å². The number of hydrogen-bond donors (Lipinski definition) is 0. The Bertz CT molecular complexity index is 933. The van der Waals surface area contributed by atoms with Gasteiger partial charge in [-0.3, -0.25) is 14.4 Å². The molecule has 0 spiro atoms. The maximum atomic E-state index is 13.2. The van der Waals surface area contributed by atoms with E-state index in [9.17, 15) is 4.79 Å². The van der Waals surface area contributed by atoms with Crippen molar-refractivity contribution in [3.8, 4) is 0 Å². The molecule has 1 aromatic carbocycles. The van der Waals surface area contributed by atoms with Crippen molar-refractivity contribution in [1.29, 1.82) is 0 Å². The number of nitrogens with zero attached hydrogens (tertiary/aromatic N) is 5. The molecule has 2 aromatic heterocycles. The molecule has 0 saturated carbocycles. The molecule has 0 unspecified atom stereocenters. The zero-order chi connectivity index (χ0) is 19.6. The smallest absolute Gasteiger partial charge is 0.280 e. The molecular weight excluding hydrogens is 382 g/mol. The normalized spacial score (nSPS) is 11.7.